The van der Waals surface area contributed by atoms with Crippen LogP contribution in [0.25, 0.3) is 0 Å². The predicted octanol–water partition coefficient (Wildman–Crippen LogP) is -4.65. The topological polar surface area (TPSA) is 52.2 Å². The summed E-state index contributed by atoms with van der Waals surface area (Å²) in [7, 11) is 1.70. The summed E-state index contributed by atoms with van der Waals surface area (Å²) in [4.78, 5) is 9.61. The molecule has 0 aromatic carbocycles. The number of aliphatic carboxylic acids is 1. The molecule has 0 spiro atoms. The third-order valence-electron chi connectivity index (χ3n) is 0.579. The van der Waals surface area contributed by atoms with E-state index in [-0.39, 0.29) is 57.8 Å². The van der Waals surface area contributed by atoms with E-state index in [4.69, 9.17) is 0 Å². The second-order valence-electron chi connectivity index (χ2n) is 1.23. The van der Waals surface area contributed by atoms with Crippen molar-refractivity contribution in [1.82, 2.24) is 5.32 Å². The molecule has 0 bridgehead atoms. The summed E-state index contributed by atoms with van der Waals surface area (Å²) < 4.78 is 0. The third-order valence-corrected chi connectivity index (χ3v) is 0.579. The first-order chi connectivity index (χ1) is 3.27. The van der Waals surface area contributed by atoms with Gasteiger partial charge in [-0.2, -0.15) is 0 Å². The molecule has 0 saturated carbocycles. The van der Waals surface area contributed by atoms with Crippen molar-refractivity contribution in [3.63, 3.8) is 0 Å². The van der Waals surface area contributed by atoms with Gasteiger partial charge in [-0.05, 0) is 13.5 Å². The second-order valence-corrected chi connectivity index (χ2v) is 1.23. The van der Waals surface area contributed by atoms with E-state index < -0.39 is 5.97 Å². The number of hydrogen-bond donors (Lipinski definition) is 1. The van der Waals surface area contributed by atoms with E-state index in [2.05, 4.69) is 5.32 Å². The molecule has 0 aliphatic rings. The van der Waals surface area contributed by atoms with Crippen LogP contribution in [0.5, 0.6) is 0 Å². The van der Waals surface area contributed by atoms with Crippen molar-refractivity contribution in [2.45, 2.75) is 6.42 Å². The van der Waals surface area contributed by atoms with Gasteiger partial charge in [0.25, 0.3) is 0 Å². The summed E-state index contributed by atoms with van der Waals surface area (Å²) in [5, 5.41) is 12.3. The first-order valence-electron chi connectivity index (χ1n) is 2.12. The van der Waals surface area contributed by atoms with Crippen LogP contribution in [0.15, 0.2) is 0 Å². The SMILES string of the molecule is CNCCC(=O)[O-].[K+]. The van der Waals surface area contributed by atoms with E-state index in [0.717, 1.165) is 0 Å². The van der Waals surface area contributed by atoms with Crippen molar-refractivity contribution in [2.75, 3.05) is 13.6 Å². The molecule has 0 aliphatic heterocycles. The number of hydrogen-bond acceptors (Lipinski definition) is 3. The number of nitrogens with one attached hydrogen (secondary N) is 1. The number of carboxylic acids is 1. The molecule has 0 radical (unpaired) electrons. The van der Waals surface area contributed by atoms with Crippen molar-refractivity contribution in [2.24, 2.45) is 0 Å². The molecule has 0 saturated heterocycles. The van der Waals surface area contributed by atoms with Gasteiger partial charge in [-0.3, -0.25) is 0 Å². The van der Waals surface area contributed by atoms with Crippen LogP contribution < -0.4 is 61.8 Å². The van der Waals surface area contributed by atoms with Crippen LogP contribution in [0.2, 0.25) is 0 Å². The number of carbonyl (C=O) groups is 1. The zero-order valence-corrected chi connectivity index (χ0v) is 8.35. The van der Waals surface area contributed by atoms with Crippen LogP contribution in [0, 0.1) is 0 Å². The Morgan fingerprint density at radius 2 is 2.25 bits per heavy atom. The van der Waals surface area contributed by atoms with Gasteiger partial charge in [0.15, 0.2) is 0 Å². The summed E-state index contributed by atoms with van der Waals surface area (Å²) in [5.41, 5.74) is 0. The van der Waals surface area contributed by atoms with E-state index in [1.165, 1.54) is 0 Å². The quantitative estimate of drug-likeness (QED) is 0.402. The van der Waals surface area contributed by atoms with Gasteiger partial charge >= 0.3 is 51.4 Å². The Hall–Kier alpha value is 1.07. The minimum absolute atomic E-state index is 0. The summed E-state index contributed by atoms with van der Waals surface area (Å²) >= 11 is 0. The molecule has 0 amide bonds. The molecule has 0 atom stereocenters. The van der Waals surface area contributed by atoms with Crippen LogP contribution >= 0.6 is 0 Å². The fourth-order valence-electron chi connectivity index (χ4n) is 0.227. The first kappa shape index (κ1) is 11.8. The van der Waals surface area contributed by atoms with E-state index in [1.807, 2.05) is 0 Å². The maximum Gasteiger partial charge on any atom is 1.00 e. The molecular weight excluding hydrogens is 133 g/mol. The van der Waals surface area contributed by atoms with Crippen molar-refractivity contribution < 1.29 is 61.3 Å². The average Bonchev–Trinajstić information content (AvgIpc) is 1.61. The molecule has 0 rings (SSSR count). The van der Waals surface area contributed by atoms with E-state index in [9.17, 15) is 9.90 Å². The maximum absolute atomic E-state index is 9.61. The standard InChI is InChI=1S/C4H9NO2.K/c1-5-3-2-4(6)7;/h5H,2-3H2,1H3,(H,6,7);/q;+1/p-1. The first-order valence-corrected chi connectivity index (χ1v) is 2.12. The Morgan fingerprint density at radius 1 is 1.75 bits per heavy atom. The largest absolute Gasteiger partial charge is 1.00 e. The van der Waals surface area contributed by atoms with Gasteiger partial charge in [-0.25, -0.2) is 0 Å². The Labute approximate surface area is 91.3 Å². The number of carboxylic acid groups (broad SMARTS) is 1. The molecule has 0 aromatic rings. The van der Waals surface area contributed by atoms with Gasteiger partial charge in [0, 0.05) is 12.5 Å². The smallest absolute Gasteiger partial charge is 0.550 e. The molecule has 0 fully saturated rings. The molecule has 4 heteroatoms. The molecule has 3 nitrogen and oxygen atoms in total. The molecular formula is C4H8KNO2. The summed E-state index contributed by atoms with van der Waals surface area (Å²) in [6.07, 6.45) is 0.0938. The molecule has 8 heavy (non-hydrogen) atoms. The van der Waals surface area contributed by atoms with E-state index >= 15 is 0 Å². The van der Waals surface area contributed by atoms with Crippen LogP contribution in [-0.4, -0.2) is 19.6 Å². The van der Waals surface area contributed by atoms with Gasteiger partial charge in [0.2, 0.25) is 0 Å². The monoisotopic (exact) mass is 141 g/mol. The van der Waals surface area contributed by atoms with Crippen LogP contribution in [0.1, 0.15) is 6.42 Å². The van der Waals surface area contributed by atoms with E-state index in [0.29, 0.717) is 6.54 Å². The van der Waals surface area contributed by atoms with Crippen LogP contribution in [0.3, 0.4) is 0 Å². The van der Waals surface area contributed by atoms with Gasteiger partial charge in [-0.1, -0.05) is 0 Å². The Morgan fingerprint density at radius 3 is 2.38 bits per heavy atom. The van der Waals surface area contributed by atoms with Crippen molar-refractivity contribution in [1.29, 1.82) is 0 Å². The Kier molecular flexibility index (Phi) is 11.9. The summed E-state index contributed by atoms with van der Waals surface area (Å²) in [5.74, 6) is -1.01. The average molecular weight is 141 g/mol. The van der Waals surface area contributed by atoms with Gasteiger partial charge in [0.1, 0.15) is 0 Å². The van der Waals surface area contributed by atoms with Crippen molar-refractivity contribution >= 4 is 5.97 Å². The number of carbonyl (C=O) groups excluding carboxylic acids is 1. The van der Waals surface area contributed by atoms with Crippen molar-refractivity contribution in [3.8, 4) is 0 Å². The molecule has 0 aliphatic carbocycles. The molecule has 42 valence electrons. The van der Waals surface area contributed by atoms with Crippen LogP contribution in [-0.2, 0) is 4.79 Å². The fourth-order valence-corrected chi connectivity index (χ4v) is 0.227. The van der Waals surface area contributed by atoms with Crippen LogP contribution in [0.4, 0.5) is 0 Å². The molecule has 0 heterocycles. The maximum atomic E-state index is 9.61. The van der Waals surface area contributed by atoms with Crippen molar-refractivity contribution in [3.05, 3.63) is 0 Å². The summed E-state index contributed by atoms with van der Waals surface area (Å²) in [6.45, 7) is 0.488. The minimum atomic E-state index is -1.01. The number of rotatable bonds is 3. The fraction of sp³-hybridized carbons (Fsp3) is 0.750. The van der Waals surface area contributed by atoms with Gasteiger partial charge in [-0.15, -0.1) is 0 Å². The predicted molar refractivity (Wildman–Crippen MR) is 23.6 cm³/mol. The van der Waals surface area contributed by atoms with E-state index in [1.54, 1.807) is 7.05 Å². The molecule has 1 N–H and O–H groups in total. The summed E-state index contributed by atoms with van der Waals surface area (Å²) in [6, 6.07) is 0. The normalized spacial score (nSPS) is 7.62. The third kappa shape index (κ3) is 10.1. The molecule has 0 aromatic heterocycles. The second kappa shape index (κ2) is 8.07. The van der Waals surface area contributed by atoms with Gasteiger partial charge < -0.3 is 15.2 Å². The zero-order valence-electron chi connectivity index (χ0n) is 5.23. The van der Waals surface area contributed by atoms with Gasteiger partial charge in [0.05, 0.1) is 0 Å². The minimum Gasteiger partial charge on any atom is -0.550 e. The Balaban J connectivity index is 0. The zero-order chi connectivity index (χ0) is 5.70. The Bertz CT molecular complexity index is 67.1. The molecule has 0 unspecified atom stereocenters.